The fourth-order valence-corrected chi connectivity index (χ4v) is 1.57. The molecular formula is C12H19NO3S. The van der Waals surface area contributed by atoms with Crippen molar-refractivity contribution < 1.29 is 13.2 Å². The summed E-state index contributed by atoms with van der Waals surface area (Å²) in [6.07, 6.45) is 1.83. The molecule has 0 radical (unpaired) electrons. The van der Waals surface area contributed by atoms with Gasteiger partial charge < -0.3 is 0 Å². The van der Waals surface area contributed by atoms with Crippen LogP contribution < -0.4 is 4.72 Å². The second-order valence-electron chi connectivity index (χ2n) is 3.25. The molecule has 0 aromatic heterocycles. The van der Waals surface area contributed by atoms with Crippen molar-refractivity contribution in [3.63, 3.8) is 0 Å². The maximum atomic E-state index is 11.4. The fraction of sp³-hybridized carbons (Fsp3) is 0.417. The molecule has 0 unspecified atom stereocenters. The lowest BCUT2D eigenvalue weighted by atomic mass is 10.1. The third-order valence-corrected chi connectivity index (χ3v) is 2.46. The molecule has 0 heterocycles. The van der Waals surface area contributed by atoms with Gasteiger partial charge in [-0.2, -0.15) is 0 Å². The van der Waals surface area contributed by atoms with E-state index in [1.807, 2.05) is 25.5 Å². The number of nitrogens with one attached hydrogen (secondary N) is 1. The number of benzene rings is 1. The van der Waals surface area contributed by atoms with Crippen LogP contribution in [0.5, 0.6) is 0 Å². The number of sulfonamides is 1. The van der Waals surface area contributed by atoms with Crippen molar-refractivity contribution in [2.24, 2.45) is 0 Å². The summed E-state index contributed by atoms with van der Waals surface area (Å²) >= 11 is 0. The minimum absolute atomic E-state index is 0.345. The van der Waals surface area contributed by atoms with Crippen molar-refractivity contribution in [1.82, 2.24) is 4.72 Å². The second kappa shape index (κ2) is 7.06. The van der Waals surface area contributed by atoms with Gasteiger partial charge in [0.2, 0.25) is 10.0 Å². The molecule has 1 amide bonds. The van der Waals surface area contributed by atoms with E-state index in [-0.39, 0.29) is 0 Å². The summed E-state index contributed by atoms with van der Waals surface area (Å²) in [6, 6.07) is 6.83. The second-order valence-corrected chi connectivity index (χ2v) is 5.00. The standard InChI is InChI=1S/C10H13NO3S.C2H6/c1-3-8-4-6-9(7-5-8)10(12)11-15(2,13)14;1-2/h4-7H,3H2,1-2H3,(H,11,12);1-2H3. The van der Waals surface area contributed by atoms with E-state index in [1.54, 1.807) is 24.3 Å². The highest BCUT2D eigenvalue weighted by atomic mass is 32.2. The number of hydrogen-bond donors (Lipinski definition) is 1. The molecule has 0 bridgehead atoms. The summed E-state index contributed by atoms with van der Waals surface area (Å²) in [5, 5.41) is 0. The first-order valence-electron chi connectivity index (χ1n) is 5.53. The molecule has 0 spiro atoms. The average Bonchev–Trinajstić information content (AvgIpc) is 2.29. The minimum Gasteiger partial charge on any atom is -0.268 e. The Hall–Kier alpha value is -1.36. The van der Waals surface area contributed by atoms with Gasteiger partial charge in [-0.05, 0) is 24.1 Å². The smallest absolute Gasteiger partial charge is 0.264 e. The van der Waals surface area contributed by atoms with Crippen LogP contribution in [0.4, 0.5) is 0 Å². The Balaban J connectivity index is 0.00000121. The molecule has 0 fully saturated rings. The molecule has 0 aliphatic rings. The average molecular weight is 257 g/mol. The van der Waals surface area contributed by atoms with Crippen molar-refractivity contribution in [3.05, 3.63) is 35.4 Å². The number of amides is 1. The van der Waals surface area contributed by atoms with Gasteiger partial charge in [0.25, 0.3) is 5.91 Å². The van der Waals surface area contributed by atoms with Crippen LogP contribution in [0.3, 0.4) is 0 Å². The maximum Gasteiger partial charge on any atom is 0.264 e. The predicted molar refractivity (Wildman–Crippen MR) is 69.5 cm³/mol. The van der Waals surface area contributed by atoms with Gasteiger partial charge in [0.1, 0.15) is 0 Å². The van der Waals surface area contributed by atoms with Crippen molar-refractivity contribution >= 4 is 15.9 Å². The minimum atomic E-state index is -3.49. The molecule has 5 heteroatoms. The first kappa shape index (κ1) is 15.6. The Morgan fingerprint density at radius 1 is 1.18 bits per heavy atom. The highest BCUT2D eigenvalue weighted by Crippen LogP contribution is 2.05. The number of carbonyl (C=O) groups excluding carboxylic acids is 1. The maximum absolute atomic E-state index is 11.4. The van der Waals surface area contributed by atoms with Gasteiger partial charge >= 0.3 is 0 Å². The molecule has 0 aliphatic heterocycles. The van der Waals surface area contributed by atoms with Gasteiger partial charge in [0.15, 0.2) is 0 Å². The van der Waals surface area contributed by atoms with E-state index in [9.17, 15) is 13.2 Å². The van der Waals surface area contributed by atoms with Gasteiger partial charge in [-0.1, -0.05) is 32.9 Å². The molecule has 1 N–H and O–H groups in total. The van der Waals surface area contributed by atoms with Gasteiger partial charge in [0.05, 0.1) is 6.26 Å². The summed E-state index contributed by atoms with van der Waals surface area (Å²) in [6.45, 7) is 6.01. The fourth-order valence-electron chi connectivity index (χ4n) is 1.12. The van der Waals surface area contributed by atoms with Crippen LogP contribution in [0.25, 0.3) is 0 Å². The van der Waals surface area contributed by atoms with Crippen molar-refractivity contribution in [2.45, 2.75) is 27.2 Å². The van der Waals surface area contributed by atoms with E-state index in [0.717, 1.165) is 18.2 Å². The van der Waals surface area contributed by atoms with E-state index < -0.39 is 15.9 Å². The number of hydrogen-bond acceptors (Lipinski definition) is 3. The zero-order chi connectivity index (χ0) is 13.5. The summed E-state index contributed by atoms with van der Waals surface area (Å²) in [5.41, 5.74) is 1.45. The Bertz CT molecular complexity index is 449. The van der Waals surface area contributed by atoms with Crippen LogP contribution in [0, 0.1) is 0 Å². The van der Waals surface area contributed by atoms with E-state index in [1.165, 1.54) is 0 Å². The van der Waals surface area contributed by atoms with Crippen molar-refractivity contribution in [3.8, 4) is 0 Å². The summed E-state index contributed by atoms with van der Waals surface area (Å²) in [4.78, 5) is 11.4. The molecule has 0 saturated heterocycles. The quantitative estimate of drug-likeness (QED) is 0.900. The molecule has 0 atom stereocenters. The summed E-state index contributed by atoms with van der Waals surface area (Å²) in [7, 11) is -3.49. The molecule has 4 nitrogen and oxygen atoms in total. The Morgan fingerprint density at radius 3 is 2.00 bits per heavy atom. The van der Waals surface area contributed by atoms with E-state index in [4.69, 9.17) is 0 Å². The number of aryl methyl sites for hydroxylation is 1. The molecule has 96 valence electrons. The van der Waals surface area contributed by atoms with E-state index in [2.05, 4.69) is 0 Å². The predicted octanol–water partition coefficient (Wildman–Crippen LogP) is 1.96. The molecule has 1 aromatic rings. The lowest BCUT2D eigenvalue weighted by Crippen LogP contribution is -2.29. The van der Waals surface area contributed by atoms with Gasteiger partial charge in [-0.25, -0.2) is 13.1 Å². The highest BCUT2D eigenvalue weighted by molar-refractivity contribution is 7.89. The lowest BCUT2D eigenvalue weighted by Gasteiger charge is -2.03. The monoisotopic (exact) mass is 257 g/mol. The molecule has 0 saturated carbocycles. The molecule has 1 aromatic carbocycles. The lowest BCUT2D eigenvalue weighted by molar-refractivity contribution is 0.0981. The van der Waals surface area contributed by atoms with Gasteiger partial charge in [0, 0.05) is 5.56 Å². The van der Waals surface area contributed by atoms with Crippen LogP contribution in [0.1, 0.15) is 36.7 Å². The number of carbonyl (C=O) groups is 1. The molecule has 0 aliphatic carbocycles. The Kier molecular flexibility index (Phi) is 6.50. The first-order chi connectivity index (χ1) is 7.92. The Morgan fingerprint density at radius 2 is 1.65 bits per heavy atom. The van der Waals surface area contributed by atoms with Crippen molar-refractivity contribution in [2.75, 3.05) is 6.26 Å². The third-order valence-electron chi connectivity index (χ3n) is 1.90. The molecule has 1 rings (SSSR count). The SMILES string of the molecule is CC.CCc1ccc(C(=O)NS(C)(=O)=O)cc1. The van der Waals surface area contributed by atoms with Crippen LogP contribution in [0.15, 0.2) is 24.3 Å². The van der Waals surface area contributed by atoms with Crippen LogP contribution in [-0.2, 0) is 16.4 Å². The zero-order valence-corrected chi connectivity index (χ0v) is 11.5. The van der Waals surface area contributed by atoms with Crippen LogP contribution in [0.2, 0.25) is 0 Å². The van der Waals surface area contributed by atoms with Gasteiger partial charge in [-0.3, -0.25) is 4.79 Å². The van der Waals surface area contributed by atoms with E-state index >= 15 is 0 Å². The molecule has 17 heavy (non-hydrogen) atoms. The summed E-state index contributed by atoms with van der Waals surface area (Å²) in [5.74, 6) is -0.597. The van der Waals surface area contributed by atoms with Gasteiger partial charge in [-0.15, -0.1) is 0 Å². The van der Waals surface area contributed by atoms with Crippen molar-refractivity contribution in [1.29, 1.82) is 0 Å². The summed E-state index contributed by atoms with van der Waals surface area (Å²) < 4.78 is 23.5. The third kappa shape index (κ3) is 6.06. The topological polar surface area (TPSA) is 63.2 Å². The molecular weight excluding hydrogens is 238 g/mol. The highest BCUT2D eigenvalue weighted by Gasteiger charge is 2.10. The Labute approximate surface area is 103 Å². The normalized spacial score (nSPS) is 10.1. The van der Waals surface area contributed by atoms with Crippen LogP contribution >= 0.6 is 0 Å². The first-order valence-corrected chi connectivity index (χ1v) is 7.42. The number of rotatable bonds is 3. The zero-order valence-electron chi connectivity index (χ0n) is 10.6. The largest absolute Gasteiger partial charge is 0.268 e. The van der Waals surface area contributed by atoms with E-state index in [0.29, 0.717) is 5.56 Å². The van der Waals surface area contributed by atoms with Crippen LogP contribution in [-0.4, -0.2) is 20.6 Å².